The molecule has 2 N–H and O–H groups in total. The van der Waals surface area contributed by atoms with Gasteiger partial charge in [0.15, 0.2) is 9.59 Å². The Hall–Kier alpha value is -0.130. The van der Waals surface area contributed by atoms with E-state index in [1.807, 2.05) is 6.92 Å². The summed E-state index contributed by atoms with van der Waals surface area (Å²) < 4.78 is 12.2. The third-order valence-corrected chi connectivity index (χ3v) is 1.70. The van der Waals surface area contributed by atoms with Crippen molar-refractivity contribution >= 4 is 28.3 Å². The SMILES string of the molecule is CCCCC(=N)/C(F)=C(\O)I. The number of aliphatic hydroxyl groups is 1. The van der Waals surface area contributed by atoms with Crippen molar-refractivity contribution < 1.29 is 9.50 Å². The normalized spacial score (nSPS) is 12.6. The Bertz CT molecular complexity index is 175. The number of hydrogen-bond acceptors (Lipinski definition) is 2. The Morgan fingerprint density at radius 1 is 1.64 bits per heavy atom. The molecule has 0 radical (unpaired) electrons. The lowest BCUT2D eigenvalue weighted by Gasteiger charge is -1.98. The van der Waals surface area contributed by atoms with Gasteiger partial charge in [-0.25, -0.2) is 4.39 Å². The van der Waals surface area contributed by atoms with Gasteiger partial charge in [0.05, 0.1) is 5.71 Å². The summed E-state index contributed by atoms with van der Waals surface area (Å²) in [5, 5.41) is 15.8. The van der Waals surface area contributed by atoms with Crippen LogP contribution in [-0.2, 0) is 0 Å². The molecule has 0 saturated heterocycles. The quantitative estimate of drug-likeness (QED) is 0.459. The van der Waals surface area contributed by atoms with E-state index in [4.69, 9.17) is 10.5 Å². The van der Waals surface area contributed by atoms with Gasteiger partial charge in [0.2, 0.25) is 0 Å². The Morgan fingerprint density at radius 2 is 2.18 bits per heavy atom. The third-order valence-electron chi connectivity index (χ3n) is 1.23. The second-order valence-electron chi connectivity index (χ2n) is 2.19. The molecule has 0 aromatic heterocycles. The number of hydrogen-bond donors (Lipinski definition) is 2. The lowest BCUT2D eigenvalue weighted by atomic mass is 10.2. The van der Waals surface area contributed by atoms with Crippen molar-refractivity contribution in [2.75, 3.05) is 0 Å². The summed E-state index contributed by atoms with van der Waals surface area (Å²) in [6.07, 6.45) is 2.11. The van der Waals surface area contributed by atoms with Crippen molar-refractivity contribution in [3.05, 3.63) is 9.59 Å². The fraction of sp³-hybridized carbons (Fsp3) is 0.571. The predicted octanol–water partition coefficient (Wildman–Crippen LogP) is 3.33. The van der Waals surface area contributed by atoms with Crippen molar-refractivity contribution in [1.29, 1.82) is 5.41 Å². The highest BCUT2D eigenvalue weighted by Gasteiger charge is 2.07. The number of halogens is 2. The molecule has 0 amide bonds. The second-order valence-corrected chi connectivity index (χ2v) is 3.21. The van der Waals surface area contributed by atoms with Crippen molar-refractivity contribution in [1.82, 2.24) is 0 Å². The van der Waals surface area contributed by atoms with Crippen LogP contribution in [0.2, 0.25) is 0 Å². The fourth-order valence-electron chi connectivity index (χ4n) is 0.588. The Morgan fingerprint density at radius 3 is 2.55 bits per heavy atom. The molecule has 64 valence electrons. The van der Waals surface area contributed by atoms with Crippen LogP contribution in [0.1, 0.15) is 26.2 Å². The first-order chi connectivity index (χ1) is 5.09. The van der Waals surface area contributed by atoms with E-state index in [1.165, 1.54) is 22.6 Å². The standard InChI is InChI=1S/C7H11FINO/c1-2-3-4-5(10)6(8)7(9)11/h10-11H,2-4H2,1H3/b7-6+,10-5?. The number of unbranched alkanes of at least 4 members (excludes halogenated alkanes) is 1. The van der Waals surface area contributed by atoms with E-state index in [0.717, 1.165) is 12.8 Å². The maximum Gasteiger partial charge on any atom is 0.191 e. The zero-order valence-electron chi connectivity index (χ0n) is 6.32. The van der Waals surface area contributed by atoms with E-state index in [0.29, 0.717) is 6.42 Å². The van der Waals surface area contributed by atoms with Gasteiger partial charge in [-0.2, -0.15) is 0 Å². The van der Waals surface area contributed by atoms with E-state index in [9.17, 15) is 4.39 Å². The summed E-state index contributed by atoms with van der Waals surface area (Å²) in [7, 11) is 0. The molecular weight excluding hydrogens is 260 g/mol. The minimum absolute atomic E-state index is 0.112. The molecule has 0 aliphatic heterocycles. The van der Waals surface area contributed by atoms with Crippen LogP contribution in [0.5, 0.6) is 0 Å². The van der Waals surface area contributed by atoms with E-state index in [2.05, 4.69) is 0 Å². The van der Waals surface area contributed by atoms with Crippen LogP contribution in [0.3, 0.4) is 0 Å². The average Bonchev–Trinajstić information content (AvgIpc) is 1.98. The number of nitrogens with one attached hydrogen (secondary N) is 1. The molecule has 0 bridgehead atoms. The summed E-state index contributed by atoms with van der Waals surface area (Å²) in [5.41, 5.74) is -0.112. The van der Waals surface area contributed by atoms with E-state index >= 15 is 0 Å². The smallest absolute Gasteiger partial charge is 0.191 e. The van der Waals surface area contributed by atoms with Gasteiger partial charge in [-0.15, -0.1) is 0 Å². The molecular formula is C7H11FINO. The molecule has 2 nitrogen and oxygen atoms in total. The average molecular weight is 271 g/mol. The van der Waals surface area contributed by atoms with Gasteiger partial charge in [0.25, 0.3) is 0 Å². The molecule has 0 aromatic carbocycles. The van der Waals surface area contributed by atoms with E-state index in [-0.39, 0.29) is 5.71 Å². The molecule has 0 heterocycles. The minimum Gasteiger partial charge on any atom is -0.500 e. The molecule has 0 spiro atoms. The van der Waals surface area contributed by atoms with Crippen LogP contribution in [0.25, 0.3) is 0 Å². The van der Waals surface area contributed by atoms with Crippen LogP contribution < -0.4 is 0 Å². The highest BCUT2D eigenvalue weighted by Crippen LogP contribution is 2.14. The van der Waals surface area contributed by atoms with Crippen LogP contribution in [0.15, 0.2) is 9.59 Å². The van der Waals surface area contributed by atoms with Gasteiger partial charge < -0.3 is 10.5 Å². The molecule has 11 heavy (non-hydrogen) atoms. The monoisotopic (exact) mass is 271 g/mol. The van der Waals surface area contributed by atoms with Crippen LogP contribution in [-0.4, -0.2) is 10.8 Å². The zero-order chi connectivity index (χ0) is 8.85. The van der Waals surface area contributed by atoms with Gasteiger partial charge in [0.1, 0.15) is 0 Å². The maximum absolute atomic E-state index is 12.6. The molecule has 0 rings (SSSR count). The summed E-state index contributed by atoms with van der Waals surface area (Å²) in [6.45, 7) is 1.97. The van der Waals surface area contributed by atoms with Crippen molar-refractivity contribution in [3.8, 4) is 0 Å². The minimum atomic E-state index is -0.793. The van der Waals surface area contributed by atoms with Gasteiger partial charge in [-0.1, -0.05) is 13.3 Å². The predicted molar refractivity (Wildman–Crippen MR) is 52.0 cm³/mol. The third kappa shape index (κ3) is 4.34. The van der Waals surface area contributed by atoms with E-state index < -0.39 is 9.59 Å². The highest BCUT2D eigenvalue weighted by atomic mass is 127. The first-order valence-electron chi connectivity index (χ1n) is 3.41. The lowest BCUT2D eigenvalue weighted by molar-refractivity contribution is 0.441. The Balaban J connectivity index is 3.95. The number of rotatable bonds is 4. The number of allylic oxidation sites excluding steroid dienone is 1. The summed E-state index contributed by atoms with van der Waals surface area (Å²) in [5.74, 6) is -0.793. The van der Waals surface area contributed by atoms with Crippen molar-refractivity contribution in [3.63, 3.8) is 0 Å². The topological polar surface area (TPSA) is 44.1 Å². The molecule has 0 aromatic rings. The van der Waals surface area contributed by atoms with Gasteiger partial charge in [-0.05, 0) is 12.8 Å². The molecule has 0 saturated carbocycles. The highest BCUT2D eigenvalue weighted by molar-refractivity contribution is 14.1. The lowest BCUT2D eigenvalue weighted by Crippen LogP contribution is -1.98. The Kier molecular flexibility index (Phi) is 5.45. The molecule has 0 unspecified atom stereocenters. The van der Waals surface area contributed by atoms with Crippen LogP contribution in [0, 0.1) is 5.41 Å². The maximum atomic E-state index is 12.6. The fourth-order valence-corrected chi connectivity index (χ4v) is 0.913. The van der Waals surface area contributed by atoms with Crippen molar-refractivity contribution in [2.24, 2.45) is 0 Å². The van der Waals surface area contributed by atoms with Gasteiger partial charge >= 0.3 is 0 Å². The molecule has 0 fully saturated rings. The van der Waals surface area contributed by atoms with Gasteiger partial charge in [0, 0.05) is 22.6 Å². The van der Waals surface area contributed by atoms with Crippen LogP contribution in [0.4, 0.5) is 4.39 Å². The van der Waals surface area contributed by atoms with Gasteiger partial charge in [-0.3, -0.25) is 0 Å². The molecule has 0 aliphatic rings. The summed E-state index contributed by atoms with van der Waals surface area (Å²) in [6, 6.07) is 0. The Labute approximate surface area is 79.1 Å². The molecule has 0 atom stereocenters. The summed E-state index contributed by atoms with van der Waals surface area (Å²) in [4.78, 5) is 0. The number of aliphatic hydroxyl groups excluding tert-OH is 1. The summed E-state index contributed by atoms with van der Waals surface area (Å²) >= 11 is 1.45. The zero-order valence-corrected chi connectivity index (χ0v) is 8.48. The first kappa shape index (κ1) is 10.9. The van der Waals surface area contributed by atoms with E-state index in [1.54, 1.807) is 0 Å². The second kappa shape index (κ2) is 5.51. The van der Waals surface area contributed by atoms with Crippen LogP contribution >= 0.6 is 22.6 Å². The van der Waals surface area contributed by atoms with Crippen molar-refractivity contribution in [2.45, 2.75) is 26.2 Å². The largest absolute Gasteiger partial charge is 0.500 e. The molecule has 0 aliphatic carbocycles. The molecule has 4 heteroatoms. The first-order valence-corrected chi connectivity index (χ1v) is 4.49.